The summed E-state index contributed by atoms with van der Waals surface area (Å²) < 4.78 is 0. The minimum absolute atomic E-state index is 0.127. The Labute approximate surface area is 120 Å². The highest BCUT2D eigenvalue weighted by atomic mass is 32.1. The molecule has 1 aromatic rings. The number of hydrogen-bond acceptors (Lipinski definition) is 4. The third-order valence-electron chi connectivity index (χ3n) is 4.31. The van der Waals surface area contributed by atoms with Crippen molar-refractivity contribution < 1.29 is 5.11 Å². The van der Waals surface area contributed by atoms with E-state index >= 15 is 0 Å². The van der Waals surface area contributed by atoms with Crippen LogP contribution in [0, 0.1) is 5.92 Å². The van der Waals surface area contributed by atoms with E-state index in [9.17, 15) is 5.11 Å². The second kappa shape index (κ2) is 6.71. The standard InChI is InChI=1S/C15H26N2OS/c1-4-11(3)14-13(10-18)19-15(16-14)17-8-6-7-12(5-2)9-17/h11-12,18H,4-10H2,1-3H3. The fourth-order valence-corrected chi connectivity index (χ4v) is 3.82. The molecule has 1 aliphatic heterocycles. The average molecular weight is 282 g/mol. The van der Waals surface area contributed by atoms with Gasteiger partial charge in [0.05, 0.1) is 17.2 Å². The molecule has 2 unspecified atom stereocenters. The Bertz CT molecular complexity index is 405. The smallest absolute Gasteiger partial charge is 0.185 e. The van der Waals surface area contributed by atoms with Crippen LogP contribution in [0.5, 0.6) is 0 Å². The third-order valence-corrected chi connectivity index (χ3v) is 5.42. The molecule has 2 heterocycles. The first-order valence-corrected chi connectivity index (χ1v) is 8.36. The molecule has 0 aliphatic carbocycles. The van der Waals surface area contributed by atoms with Crippen molar-refractivity contribution in [3.8, 4) is 0 Å². The van der Waals surface area contributed by atoms with Crippen molar-refractivity contribution in [1.82, 2.24) is 4.98 Å². The van der Waals surface area contributed by atoms with Crippen LogP contribution in [0.2, 0.25) is 0 Å². The number of piperidine rings is 1. The summed E-state index contributed by atoms with van der Waals surface area (Å²) in [5, 5.41) is 10.6. The molecule has 1 saturated heterocycles. The molecule has 1 fully saturated rings. The van der Waals surface area contributed by atoms with E-state index in [2.05, 4.69) is 25.7 Å². The molecule has 2 atom stereocenters. The summed E-state index contributed by atoms with van der Waals surface area (Å²) in [5.41, 5.74) is 1.11. The quantitative estimate of drug-likeness (QED) is 0.893. The van der Waals surface area contributed by atoms with Gasteiger partial charge in [0.2, 0.25) is 0 Å². The van der Waals surface area contributed by atoms with Gasteiger partial charge in [0, 0.05) is 13.1 Å². The highest BCUT2D eigenvalue weighted by molar-refractivity contribution is 7.15. The molecule has 0 spiro atoms. The van der Waals surface area contributed by atoms with Gasteiger partial charge in [-0.3, -0.25) is 0 Å². The molecule has 1 N–H and O–H groups in total. The number of aromatic nitrogens is 1. The van der Waals surface area contributed by atoms with E-state index in [0.29, 0.717) is 5.92 Å². The Morgan fingerprint density at radius 1 is 1.47 bits per heavy atom. The topological polar surface area (TPSA) is 36.4 Å². The van der Waals surface area contributed by atoms with Crippen LogP contribution in [0.4, 0.5) is 5.13 Å². The summed E-state index contributed by atoms with van der Waals surface area (Å²) in [7, 11) is 0. The normalized spacial score (nSPS) is 21.7. The lowest BCUT2D eigenvalue weighted by Gasteiger charge is -2.32. The van der Waals surface area contributed by atoms with Crippen LogP contribution in [0.1, 0.15) is 62.9 Å². The molecular formula is C15H26N2OS. The van der Waals surface area contributed by atoms with Crippen LogP contribution < -0.4 is 4.90 Å². The van der Waals surface area contributed by atoms with Gasteiger partial charge in [-0.1, -0.05) is 38.5 Å². The summed E-state index contributed by atoms with van der Waals surface area (Å²) in [6, 6.07) is 0. The summed E-state index contributed by atoms with van der Waals surface area (Å²) in [6.07, 6.45) is 4.95. The monoisotopic (exact) mass is 282 g/mol. The number of aliphatic hydroxyl groups is 1. The van der Waals surface area contributed by atoms with Crippen molar-refractivity contribution in [3.63, 3.8) is 0 Å². The molecule has 2 rings (SSSR count). The van der Waals surface area contributed by atoms with Gasteiger partial charge < -0.3 is 10.0 Å². The largest absolute Gasteiger partial charge is 0.391 e. The van der Waals surface area contributed by atoms with Crippen LogP contribution >= 0.6 is 11.3 Å². The zero-order valence-corrected chi connectivity index (χ0v) is 13.2. The Hall–Kier alpha value is -0.610. The van der Waals surface area contributed by atoms with Crippen molar-refractivity contribution in [2.24, 2.45) is 5.92 Å². The van der Waals surface area contributed by atoms with Crippen molar-refractivity contribution in [1.29, 1.82) is 0 Å². The zero-order chi connectivity index (χ0) is 13.8. The minimum Gasteiger partial charge on any atom is -0.391 e. The van der Waals surface area contributed by atoms with E-state index in [0.717, 1.165) is 41.1 Å². The van der Waals surface area contributed by atoms with E-state index in [-0.39, 0.29) is 6.61 Å². The van der Waals surface area contributed by atoms with Gasteiger partial charge in [0.25, 0.3) is 0 Å². The second-order valence-electron chi connectivity index (χ2n) is 5.63. The van der Waals surface area contributed by atoms with Crippen molar-refractivity contribution >= 4 is 16.5 Å². The van der Waals surface area contributed by atoms with Crippen molar-refractivity contribution in [2.75, 3.05) is 18.0 Å². The molecule has 19 heavy (non-hydrogen) atoms. The fraction of sp³-hybridized carbons (Fsp3) is 0.800. The molecule has 0 radical (unpaired) electrons. The van der Waals surface area contributed by atoms with Gasteiger partial charge in [-0.2, -0.15) is 0 Å². The molecule has 1 aliphatic rings. The third kappa shape index (κ3) is 3.29. The summed E-state index contributed by atoms with van der Waals surface area (Å²) in [6.45, 7) is 9.04. The summed E-state index contributed by atoms with van der Waals surface area (Å²) in [4.78, 5) is 8.31. The number of hydrogen-bond donors (Lipinski definition) is 1. The van der Waals surface area contributed by atoms with Gasteiger partial charge in [-0.15, -0.1) is 0 Å². The molecular weight excluding hydrogens is 256 g/mol. The Kier molecular flexibility index (Phi) is 5.22. The van der Waals surface area contributed by atoms with Crippen LogP contribution in [0.25, 0.3) is 0 Å². The minimum atomic E-state index is 0.127. The van der Waals surface area contributed by atoms with Gasteiger partial charge in [0.1, 0.15) is 0 Å². The molecule has 0 bridgehead atoms. The second-order valence-corrected chi connectivity index (χ2v) is 6.70. The maximum atomic E-state index is 9.52. The van der Waals surface area contributed by atoms with Crippen LogP contribution in [0.3, 0.4) is 0 Å². The first-order valence-electron chi connectivity index (χ1n) is 7.54. The van der Waals surface area contributed by atoms with Gasteiger partial charge >= 0.3 is 0 Å². The van der Waals surface area contributed by atoms with Crippen LogP contribution in [0.15, 0.2) is 0 Å². The SMILES string of the molecule is CCC1CCCN(c2nc(C(C)CC)c(CO)s2)C1. The van der Waals surface area contributed by atoms with E-state index in [1.807, 2.05) is 0 Å². The Morgan fingerprint density at radius 2 is 2.26 bits per heavy atom. The maximum Gasteiger partial charge on any atom is 0.185 e. The van der Waals surface area contributed by atoms with E-state index in [4.69, 9.17) is 4.98 Å². The van der Waals surface area contributed by atoms with Crippen molar-refractivity contribution in [2.45, 2.75) is 59.0 Å². The lowest BCUT2D eigenvalue weighted by Crippen LogP contribution is -2.35. The number of aliphatic hydroxyl groups excluding tert-OH is 1. The number of thiazole rings is 1. The molecule has 0 amide bonds. The van der Waals surface area contributed by atoms with Gasteiger partial charge in [-0.25, -0.2) is 4.98 Å². The number of rotatable bonds is 5. The molecule has 3 nitrogen and oxygen atoms in total. The predicted molar refractivity (Wildman–Crippen MR) is 82.0 cm³/mol. The Balaban J connectivity index is 2.18. The molecule has 0 aromatic carbocycles. The number of nitrogens with zero attached hydrogens (tertiary/aromatic N) is 2. The lowest BCUT2D eigenvalue weighted by atomic mass is 9.96. The summed E-state index contributed by atoms with van der Waals surface area (Å²) in [5.74, 6) is 1.25. The maximum absolute atomic E-state index is 9.52. The zero-order valence-electron chi connectivity index (χ0n) is 12.4. The molecule has 108 valence electrons. The summed E-state index contributed by atoms with van der Waals surface area (Å²) >= 11 is 1.69. The van der Waals surface area contributed by atoms with E-state index in [1.165, 1.54) is 19.3 Å². The molecule has 1 aromatic heterocycles. The molecule has 0 saturated carbocycles. The van der Waals surface area contributed by atoms with Gasteiger partial charge in [0.15, 0.2) is 5.13 Å². The van der Waals surface area contributed by atoms with Crippen molar-refractivity contribution in [3.05, 3.63) is 10.6 Å². The van der Waals surface area contributed by atoms with Gasteiger partial charge in [-0.05, 0) is 31.1 Å². The molecule has 4 heteroatoms. The Morgan fingerprint density at radius 3 is 2.89 bits per heavy atom. The van der Waals surface area contributed by atoms with Crippen LogP contribution in [-0.2, 0) is 6.61 Å². The van der Waals surface area contributed by atoms with Crippen LogP contribution in [-0.4, -0.2) is 23.2 Å². The highest BCUT2D eigenvalue weighted by Gasteiger charge is 2.23. The first-order chi connectivity index (χ1) is 9.19. The first kappa shape index (κ1) is 14.8. The van der Waals surface area contributed by atoms with E-state index < -0.39 is 0 Å². The van der Waals surface area contributed by atoms with E-state index in [1.54, 1.807) is 11.3 Å². The average Bonchev–Trinajstić information content (AvgIpc) is 2.90. The number of anilines is 1. The lowest BCUT2D eigenvalue weighted by molar-refractivity contribution is 0.283. The predicted octanol–water partition coefficient (Wildman–Crippen LogP) is 3.78. The highest BCUT2D eigenvalue weighted by Crippen LogP contribution is 2.34. The fourth-order valence-electron chi connectivity index (χ4n) is 2.75.